The van der Waals surface area contributed by atoms with Crippen LogP contribution in [0, 0.1) is 0 Å². The predicted molar refractivity (Wildman–Crippen MR) is 60.9 cm³/mol. The highest BCUT2D eigenvalue weighted by atomic mass is 35.5. The second kappa shape index (κ2) is 5.89. The summed E-state index contributed by atoms with van der Waals surface area (Å²) in [6.07, 6.45) is 2.02. The quantitative estimate of drug-likeness (QED) is 0.789. The Hall–Kier alpha value is -0.730. The number of halogens is 1. The van der Waals surface area contributed by atoms with E-state index in [4.69, 9.17) is 16.7 Å². The predicted octanol–water partition coefficient (Wildman–Crippen LogP) is 2.91. The molecule has 0 aliphatic rings. The van der Waals surface area contributed by atoms with Crippen LogP contribution in [0.15, 0.2) is 24.3 Å². The molecule has 0 bridgehead atoms. The van der Waals surface area contributed by atoms with E-state index in [1.807, 2.05) is 24.3 Å². The van der Waals surface area contributed by atoms with E-state index in [0.29, 0.717) is 5.02 Å². The molecule has 0 aliphatic heterocycles. The van der Waals surface area contributed by atoms with Crippen molar-refractivity contribution in [2.75, 3.05) is 11.9 Å². The molecule has 0 fully saturated rings. The second-order valence-electron chi connectivity index (χ2n) is 3.32. The maximum absolute atomic E-state index is 9.09. The lowest BCUT2D eigenvalue weighted by atomic mass is 10.1. The van der Waals surface area contributed by atoms with Gasteiger partial charge in [-0.25, -0.2) is 0 Å². The summed E-state index contributed by atoms with van der Waals surface area (Å²) in [5, 5.41) is 13.0. The molecule has 1 aromatic rings. The van der Waals surface area contributed by atoms with Crippen LogP contribution in [0.1, 0.15) is 19.8 Å². The monoisotopic (exact) mass is 213 g/mol. The minimum atomic E-state index is 0.124. The standard InChI is InChI=1S/C11H16ClNO/c1-2-4-11(8-14)13-10-6-3-5-9(12)7-10/h3,5-7,11,13-14H,2,4,8H2,1H3. The summed E-state index contributed by atoms with van der Waals surface area (Å²) < 4.78 is 0. The third kappa shape index (κ3) is 3.56. The molecule has 2 nitrogen and oxygen atoms in total. The molecule has 0 heterocycles. The van der Waals surface area contributed by atoms with Crippen LogP contribution in [0.25, 0.3) is 0 Å². The fraction of sp³-hybridized carbons (Fsp3) is 0.455. The highest BCUT2D eigenvalue weighted by Gasteiger charge is 2.05. The largest absolute Gasteiger partial charge is 0.394 e. The molecular formula is C11H16ClNO. The number of rotatable bonds is 5. The molecule has 3 heteroatoms. The van der Waals surface area contributed by atoms with Gasteiger partial charge in [0.2, 0.25) is 0 Å². The minimum absolute atomic E-state index is 0.124. The van der Waals surface area contributed by atoms with Crippen molar-refractivity contribution in [2.24, 2.45) is 0 Å². The molecule has 78 valence electrons. The SMILES string of the molecule is CCCC(CO)Nc1cccc(Cl)c1. The zero-order chi connectivity index (χ0) is 10.4. The van der Waals surface area contributed by atoms with Crippen molar-refractivity contribution in [2.45, 2.75) is 25.8 Å². The number of anilines is 1. The Balaban J connectivity index is 2.57. The molecule has 0 amide bonds. The van der Waals surface area contributed by atoms with Crippen molar-refractivity contribution in [1.29, 1.82) is 0 Å². The van der Waals surface area contributed by atoms with E-state index in [2.05, 4.69) is 12.2 Å². The van der Waals surface area contributed by atoms with E-state index < -0.39 is 0 Å². The Morgan fingerprint density at radius 3 is 2.86 bits per heavy atom. The number of hydrogen-bond donors (Lipinski definition) is 2. The molecule has 1 aromatic carbocycles. The van der Waals surface area contributed by atoms with Crippen LogP contribution in [0.5, 0.6) is 0 Å². The highest BCUT2D eigenvalue weighted by molar-refractivity contribution is 6.30. The first-order valence-corrected chi connectivity index (χ1v) is 5.27. The topological polar surface area (TPSA) is 32.3 Å². The van der Waals surface area contributed by atoms with Crippen molar-refractivity contribution in [3.63, 3.8) is 0 Å². The molecule has 0 saturated carbocycles. The summed E-state index contributed by atoms with van der Waals surface area (Å²) in [4.78, 5) is 0. The Bertz CT molecular complexity index is 278. The molecular weight excluding hydrogens is 198 g/mol. The van der Waals surface area contributed by atoms with E-state index in [9.17, 15) is 0 Å². The van der Waals surface area contributed by atoms with Gasteiger partial charge < -0.3 is 10.4 Å². The molecule has 1 rings (SSSR count). The molecule has 1 unspecified atom stereocenters. The fourth-order valence-corrected chi connectivity index (χ4v) is 1.56. The maximum Gasteiger partial charge on any atom is 0.0632 e. The van der Waals surface area contributed by atoms with Gasteiger partial charge in [0.1, 0.15) is 0 Å². The first kappa shape index (κ1) is 11.3. The summed E-state index contributed by atoms with van der Waals surface area (Å²) in [5.41, 5.74) is 0.963. The number of aliphatic hydroxyl groups excluding tert-OH is 1. The lowest BCUT2D eigenvalue weighted by molar-refractivity contribution is 0.268. The van der Waals surface area contributed by atoms with Gasteiger partial charge in [0, 0.05) is 16.8 Å². The first-order valence-electron chi connectivity index (χ1n) is 4.89. The summed E-state index contributed by atoms with van der Waals surface area (Å²) in [6, 6.07) is 7.66. The van der Waals surface area contributed by atoms with Crippen LogP contribution in [0.4, 0.5) is 5.69 Å². The average Bonchev–Trinajstić information content (AvgIpc) is 2.17. The molecule has 2 N–H and O–H groups in total. The summed E-state index contributed by atoms with van der Waals surface area (Å²) in [6.45, 7) is 2.25. The van der Waals surface area contributed by atoms with Crippen LogP contribution in [-0.4, -0.2) is 17.8 Å². The van der Waals surface area contributed by atoms with Gasteiger partial charge in [-0.1, -0.05) is 31.0 Å². The van der Waals surface area contributed by atoms with E-state index in [-0.39, 0.29) is 12.6 Å². The number of benzene rings is 1. The van der Waals surface area contributed by atoms with Gasteiger partial charge in [0.05, 0.1) is 6.61 Å². The lowest BCUT2D eigenvalue weighted by Gasteiger charge is -2.16. The van der Waals surface area contributed by atoms with Crippen molar-refractivity contribution in [1.82, 2.24) is 0 Å². The Morgan fingerprint density at radius 2 is 2.29 bits per heavy atom. The van der Waals surface area contributed by atoms with Gasteiger partial charge in [-0.05, 0) is 24.6 Å². The second-order valence-corrected chi connectivity index (χ2v) is 3.76. The van der Waals surface area contributed by atoms with Gasteiger partial charge >= 0.3 is 0 Å². The summed E-state index contributed by atoms with van der Waals surface area (Å²) >= 11 is 5.85. The van der Waals surface area contributed by atoms with E-state index in [0.717, 1.165) is 18.5 Å². The fourth-order valence-electron chi connectivity index (χ4n) is 1.37. The number of hydrogen-bond acceptors (Lipinski definition) is 2. The Labute approximate surface area is 89.9 Å². The molecule has 0 radical (unpaired) electrons. The zero-order valence-electron chi connectivity index (χ0n) is 8.33. The summed E-state index contributed by atoms with van der Waals surface area (Å²) in [5.74, 6) is 0. The smallest absolute Gasteiger partial charge is 0.0632 e. The molecule has 14 heavy (non-hydrogen) atoms. The number of nitrogens with one attached hydrogen (secondary N) is 1. The van der Waals surface area contributed by atoms with Gasteiger partial charge in [-0.3, -0.25) is 0 Å². The van der Waals surface area contributed by atoms with Crippen LogP contribution in [-0.2, 0) is 0 Å². The average molecular weight is 214 g/mol. The Kier molecular flexibility index (Phi) is 4.77. The minimum Gasteiger partial charge on any atom is -0.394 e. The molecule has 0 aliphatic carbocycles. The van der Waals surface area contributed by atoms with Gasteiger partial charge in [-0.2, -0.15) is 0 Å². The third-order valence-electron chi connectivity index (χ3n) is 2.05. The van der Waals surface area contributed by atoms with Crippen molar-refractivity contribution in [3.05, 3.63) is 29.3 Å². The van der Waals surface area contributed by atoms with E-state index in [1.165, 1.54) is 0 Å². The van der Waals surface area contributed by atoms with Crippen LogP contribution in [0.2, 0.25) is 5.02 Å². The van der Waals surface area contributed by atoms with Gasteiger partial charge in [0.25, 0.3) is 0 Å². The maximum atomic E-state index is 9.09. The van der Waals surface area contributed by atoms with Crippen molar-refractivity contribution >= 4 is 17.3 Å². The van der Waals surface area contributed by atoms with Crippen LogP contribution >= 0.6 is 11.6 Å². The van der Waals surface area contributed by atoms with E-state index in [1.54, 1.807) is 0 Å². The first-order chi connectivity index (χ1) is 6.76. The van der Waals surface area contributed by atoms with Crippen LogP contribution < -0.4 is 5.32 Å². The molecule has 0 saturated heterocycles. The molecule has 0 spiro atoms. The highest BCUT2D eigenvalue weighted by Crippen LogP contribution is 2.16. The Morgan fingerprint density at radius 1 is 1.50 bits per heavy atom. The molecule has 1 atom stereocenters. The van der Waals surface area contributed by atoms with Gasteiger partial charge in [0.15, 0.2) is 0 Å². The van der Waals surface area contributed by atoms with Crippen molar-refractivity contribution in [3.8, 4) is 0 Å². The van der Waals surface area contributed by atoms with Crippen LogP contribution in [0.3, 0.4) is 0 Å². The summed E-state index contributed by atoms with van der Waals surface area (Å²) in [7, 11) is 0. The van der Waals surface area contributed by atoms with Gasteiger partial charge in [-0.15, -0.1) is 0 Å². The van der Waals surface area contributed by atoms with Crippen molar-refractivity contribution < 1.29 is 5.11 Å². The molecule has 0 aromatic heterocycles. The van der Waals surface area contributed by atoms with E-state index >= 15 is 0 Å². The zero-order valence-corrected chi connectivity index (χ0v) is 9.09. The lowest BCUT2D eigenvalue weighted by Crippen LogP contribution is -2.23. The number of aliphatic hydroxyl groups is 1. The normalized spacial score (nSPS) is 12.5. The third-order valence-corrected chi connectivity index (χ3v) is 2.29.